The van der Waals surface area contributed by atoms with Crippen LogP contribution in [0, 0.1) is 0 Å². The summed E-state index contributed by atoms with van der Waals surface area (Å²) in [6.45, 7) is 1.92. The molecule has 1 aromatic heterocycles. The van der Waals surface area contributed by atoms with Gasteiger partial charge in [0.1, 0.15) is 5.75 Å². The zero-order chi connectivity index (χ0) is 22.9. The highest BCUT2D eigenvalue weighted by molar-refractivity contribution is 5.90. The van der Waals surface area contributed by atoms with Crippen LogP contribution < -0.4 is 19.1 Å². The van der Waals surface area contributed by atoms with Crippen molar-refractivity contribution in [2.45, 2.75) is 0 Å². The van der Waals surface area contributed by atoms with E-state index in [0.29, 0.717) is 54.9 Å². The number of amides is 1. The fourth-order valence-corrected chi connectivity index (χ4v) is 3.22. The fourth-order valence-electron chi connectivity index (χ4n) is 3.22. The van der Waals surface area contributed by atoms with E-state index >= 15 is 0 Å². The van der Waals surface area contributed by atoms with E-state index in [0.717, 1.165) is 0 Å². The Morgan fingerprint density at radius 3 is 2.19 bits per heavy atom. The van der Waals surface area contributed by atoms with Crippen LogP contribution in [0.1, 0.15) is 5.56 Å². The molecule has 1 aliphatic rings. The smallest absolute Gasteiger partial charge is 0.331 e. The topological polar surface area (TPSA) is 103 Å². The molecular weight excluding hydrogens is 416 g/mol. The number of carbonyl (C=O) groups excluding carboxylic acids is 2. The van der Waals surface area contributed by atoms with Crippen LogP contribution in [0.3, 0.4) is 0 Å². The summed E-state index contributed by atoms with van der Waals surface area (Å²) in [4.78, 5) is 36.6. The van der Waals surface area contributed by atoms with Crippen molar-refractivity contribution in [3.8, 4) is 17.2 Å². The van der Waals surface area contributed by atoms with Gasteiger partial charge in [-0.25, -0.2) is 14.8 Å². The third-order valence-electron chi connectivity index (χ3n) is 4.94. The number of carbonyl (C=O) groups is 2. The molecule has 0 radical (unpaired) electrons. The Balaban J connectivity index is 1.51. The van der Waals surface area contributed by atoms with Crippen molar-refractivity contribution in [2.75, 3.05) is 59.0 Å². The quantitative estimate of drug-likeness (QED) is 0.443. The first-order valence-electron chi connectivity index (χ1n) is 10.00. The number of benzene rings is 1. The Hall–Kier alpha value is -3.82. The molecule has 1 amide bonds. The lowest BCUT2D eigenvalue weighted by Gasteiger charge is -2.34. The molecule has 10 heteroatoms. The Kier molecular flexibility index (Phi) is 7.85. The first kappa shape index (κ1) is 22.9. The normalized spacial score (nSPS) is 13.7. The largest absolute Gasteiger partial charge is 0.496 e. The molecule has 10 nitrogen and oxygen atoms in total. The van der Waals surface area contributed by atoms with Gasteiger partial charge in [0.15, 0.2) is 18.1 Å². The highest BCUT2D eigenvalue weighted by atomic mass is 16.5. The van der Waals surface area contributed by atoms with Crippen LogP contribution in [-0.4, -0.2) is 80.9 Å². The van der Waals surface area contributed by atoms with Gasteiger partial charge in [-0.2, -0.15) is 0 Å². The van der Waals surface area contributed by atoms with Crippen LogP contribution in [0.15, 0.2) is 36.7 Å². The molecule has 2 heterocycles. The second kappa shape index (κ2) is 11.0. The Labute approximate surface area is 186 Å². The molecule has 1 aliphatic heterocycles. The number of nitrogens with zero attached hydrogens (tertiary/aromatic N) is 4. The van der Waals surface area contributed by atoms with E-state index in [-0.39, 0.29) is 12.5 Å². The number of hydrogen-bond acceptors (Lipinski definition) is 9. The zero-order valence-electron chi connectivity index (χ0n) is 18.3. The molecule has 0 N–H and O–H groups in total. The average molecular weight is 442 g/mol. The van der Waals surface area contributed by atoms with Gasteiger partial charge in [0.05, 0.1) is 21.3 Å². The third-order valence-corrected chi connectivity index (χ3v) is 4.94. The van der Waals surface area contributed by atoms with E-state index < -0.39 is 5.97 Å². The maximum Gasteiger partial charge on any atom is 0.331 e. The lowest BCUT2D eigenvalue weighted by molar-refractivity contribution is -0.148. The molecule has 170 valence electrons. The summed E-state index contributed by atoms with van der Waals surface area (Å²) < 4.78 is 21.0. The van der Waals surface area contributed by atoms with Crippen molar-refractivity contribution >= 4 is 23.9 Å². The maximum absolute atomic E-state index is 12.4. The molecule has 0 unspecified atom stereocenters. The summed E-state index contributed by atoms with van der Waals surface area (Å²) in [5, 5.41) is 0. The number of esters is 1. The van der Waals surface area contributed by atoms with Gasteiger partial charge in [-0.3, -0.25) is 4.79 Å². The van der Waals surface area contributed by atoms with E-state index in [1.54, 1.807) is 35.5 Å². The summed E-state index contributed by atoms with van der Waals surface area (Å²) in [6.07, 6.45) is 6.14. The average Bonchev–Trinajstić information content (AvgIpc) is 2.85. The van der Waals surface area contributed by atoms with Gasteiger partial charge in [0.2, 0.25) is 5.95 Å². The predicted octanol–water partition coefficient (Wildman–Crippen LogP) is 1.41. The molecule has 0 atom stereocenters. The molecular formula is C22H26N4O6. The van der Waals surface area contributed by atoms with Gasteiger partial charge in [0, 0.05) is 56.3 Å². The molecule has 0 spiro atoms. The molecule has 2 aromatic rings. The summed E-state index contributed by atoms with van der Waals surface area (Å²) in [5.74, 6) is 1.27. The highest BCUT2D eigenvalue weighted by Crippen LogP contribution is 2.35. The van der Waals surface area contributed by atoms with Crippen molar-refractivity contribution in [1.29, 1.82) is 0 Å². The summed E-state index contributed by atoms with van der Waals surface area (Å²) in [6, 6.07) is 5.10. The van der Waals surface area contributed by atoms with Crippen molar-refractivity contribution in [1.82, 2.24) is 14.9 Å². The molecule has 1 aromatic carbocycles. The predicted molar refractivity (Wildman–Crippen MR) is 117 cm³/mol. The number of anilines is 1. The SMILES string of the molecule is COc1cc(OC)c(OC)cc1C=CC(=O)OCC(=O)N1CCN(c2ncccn2)CC1. The second-order valence-corrected chi connectivity index (χ2v) is 6.81. The second-order valence-electron chi connectivity index (χ2n) is 6.81. The highest BCUT2D eigenvalue weighted by Gasteiger charge is 2.23. The van der Waals surface area contributed by atoms with Gasteiger partial charge < -0.3 is 28.7 Å². The van der Waals surface area contributed by atoms with Crippen molar-refractivity contribution < 1.29 is 28.5 Å². The summed E-state index contributed by atoms with van der Waals surface area (Å²) in [7, 11) is 4.56. The molecule has 3 rings (SSSR count). The Morgan fingerprint density at radius 1 is 0.938 bits per heavy atom. The number of rotatable bonds is 8. The van der Waals surface area contributed by atoms with Crippen LogP contribution in [-0.2, 0) is 14.3 Å². The van der Waals surface area contributed by atoms with Crippen LogP contribution in [0.5, 0.6) is 17.2 Å². The van der Waals surface area contributed by atoms with Crippen LogP contribution in [0.2, 0.25) is 0 Å². The Bertz CT molecular complexity index is 958. The molecule has 32 heavy (non-hydrogen) atoms. The number of aromatic nitrogens is 2. The van der Waals surface area contributed by atoms with Gasteiger partial charge in [-0.05, 0) is 18.2 Å². The van der Waals surface area contributed by atoms with E-state index in [2.05, 4.69) is 9.97 Å². The van der Waals surface area contributed by atoms with Crippen molar-refractivity contribution in [3.63, 3.8) is 0 Å². The van der Waals surface area contributed by atoms with Crippen molar-refractivity contribution in [2.24, 2.45) is 0 Å². The van der Waals surface area contributed by atoms with Crippen LogP contribution >= 0.6 is 0 Å². The van der Waals surface area contributed by atoms with Gasteiger partial charge in [0.25, 0.3) is 5.91 Å². The molecule has 0 aliphatic carbocycles. The number of methoxy groups -OCH3 is 3. The number of piperazine rings is 1. The van der Waals surface area contributed by atoms with E-state index in [9.17, 15) is 9.59 Å². The third kappa shape index (κ3) is 5.65. The van der Waals surface area contributed by atoms with Gasteiger partial charge in [-0.15, -0.1) is 0 Å². The van der Waals surface area contributed by atoms with E-state index in [1.165, 1.54) is 33.5 Å². The minimum absolute atomic E-state index is 0.246. The fraction of sp³-hybridized carbons (Fsp3) is 0.364. The lowest BCUT2D eigenvalue weighted by atomic mass is 10.1. The summed E-state index contributed by atoms with van der Waals surface area (Å²) in [5.41, 5.74) is 0.604. The van der Waals surface area contributed by atoms with E-state index in [1.807, 2.05) is 4.90 Å². The molecule has 1 saturated heterocycles. The number of hydrogen-bond donors (Lipinski definition) is 0. The first-order chi connectivity index (χ1) is 15.5. The van der Waals surface area contributed by atoms with Crippen LogP contribution in [0.4, 0.5) is 5.95 Å². The minimum atomic E-state index is -0.633. The lowest BCUT2D eigenvalue weighted by Crippen LogP contribution is -2.50. The molecule has 1 fully saturated rings. The minimum Gasteiger partial charge on any atom is -0.496 e. The number of ether oxygens (including phenoxy) is 4. The molecule has 0 bridgehead atoms. The first-order valence-corrected chi connectivity index (χ1v) is 10.00. The monoisotopic (exact) mass is 442 g/mol. The van der Waals surface area contributed by atoms with E-state index in [4.69, 9.17) is 18.9 Å². The summed E-state index contributed by atoms with van der Waals surface area (Å²) >= 11 is 0. The van der Waals surface area contributed by atoms with Crippen molar-refractivity contribution in [3.05, 3.63) is 42.2 Å². The standard InChI is InChI=1S/C22H26N4O6/c1-29-17-14-19(31-3)18(30-2)13-16(17)5-6-21(28)32-15-20(27)25-9-11-26(12-10-25)22-23-7-4-8-24-22/h4-8,13-14H,9-12,15H2,1-3H3. The van der Waals surface area contributed by atoms with Crippen LogP contribution in [0.25, 0.3) is 6.08 Å². The van der Waals surface area contributed by atoms with Gasteiger partial charge >= 0.3 is 5.97 Å². The maximum atomic E-state index is 12.4. The zero-order valence-corrected chi connectivity index (χ0v) is 18.3. The Morgan fingerprint density at radius 2 is 1.56 bits per heavy atom. The molecule has 0 saturated carbocycles. The van der Waals surface area contributed by atoms with Gasteiger partial charge in [-0.1, -0.05) is 0 Å².